The molecule has 0 fully saturated rings. The van der Waals surface area contributed by atoms with Gasteiger partial charge in [0.25, 0.3) is 0 Å². The van der Waals surface area contributed by atoms with Crippen molar-refractivity contribution in [2.45, 2.75) is 276 Å². The van der Waals surface area contributed by atoms with Crippen molar-refractivity contribution in [3.8, 4) is 0 Å². The zero-order valence-corrected chi connectivity index (χ0v) is 34.9. The van der Waals surface area contributed by atoms with Gasteiger partial charge in [-0.15, -0.1) is 0 Å². The highest BCUT2D eigenvalue weighted by atomic mass is 16.3. The molecule has 4 nitrogen and oxygen atoms in total. The van der Waals surface area contributed by atoms with E-state index in [1.165, 1.54) is 212 Å². The lowest BCUT2D eigenvalue weighted by molar-refractivity contribution is -0.123. The Morgan fingerprint density at radius 3 is 1.14 bits per heavy atom. The summed E-state index contributed by atoms with van der Waals surface area (Å²) in [5.74, 6) is -0.0395. The van der Waals surface area contributed by atoms with E-state index in [-0.39, 0.29) is 12.5 Å². The van der Waals surface area contributed by atoms with Crippen molar-refractivity contribution in [2.24, 2.45) is 0 Å². The van der Waals surface area contributed by atoms with E-state index in [0.717, 1.165) is 25.7 Å². The third-order valence-electron chi connectivity index (χ3n) is 11.0. The van der Waals surface area contributed by atoms with Crippen LogP contribution in [0.1, 0.15) is 264 Å². The summed E-state index contributed by atoms with van der Waals surface area (Å²) in [6.45, 7) is 4.33. The Balaban J connectivity index is 3.39. The monoisotopic (exact) mass is 720 g/mol. The Labute approximate surface area is 320 Å². The number of aliphatic hydroxyl groups is 2. The molecule has 0 aromatic carbocycles. The Hall–Kier alpha value is -0.870. The van der Waals surface area contributed by atoms with Crippen LogP contribution in [0.15, 0.2) is 12.2 Å². The Morgan fingerprint density at radius 1 is 0.451 bits per heavy atom. The van der Waals surface area contributed by atoms with Gasteiger partial charge < -0.3 is 15.5 Å². The number of aliphatic hydroxyl groups excluding tert-OH is 2. The average Bonchev–Trinajstić information content (AvgIpc) is 3.13. The topological polar surface area (TPSA) is 69.6 Å². The second kappa shape index (κ2) is 43.5. The summed E-state index contributed by atoms with van der Waals surface area (Å²) >= 11 is 0. The minimum Gasteiger partial charge on any atom is -0.394 e. The first-order chi connectivity index (χ1) is 25.2. The lowest BCUT2D eigenvalue weighted by Crippen LogP contribution is -2.45. The molecule has 0 saturated carbocycles. The van der Waals surface area contributed by atoms with Crippen molar-refractivity contribution >= 4 is 5.91 Å². The van der Waals surface area contributed by atoms with E-state index in [1.54, 1.807) is 0 Å². The maximum absolute atomic E-state index is 12.3. The van der Waals surface area contributed by atoms with Gasteiger partial charge in [-0.2, -0.15) is 0 Å². The number of carbonyl (C=O) groups is 1. The van der Waals surface area contributed by atoms with Crippen molar-refractivity contribution < 1.29 is 15.0 Å². The zero-order chi connectivity index (χ0) is 37.1. The molecule has 0 aliphatic rings. The van der Waals surface area contributed by atoms with Crippen molar-refractivity contribution in [2.75, 3.05) is 6.61 Å². The highest BCUT2D eigenvalue weighted by Gasteiger charge is 2.20. The first kappa shape index (κ1) is 50.1. The van der Waals surface area contributed by atoms with Crippen LogP contribution < -0.4 is 5.32 Å². The van der Waals surface area contributed by atoms with Crippen molar-refractivity contribution in [1.82, 2.24) is 5.32 Å². The van der Waals surface area contributed by atoms with Crippen molar-refractivity contribution in [1.29, 1.82) is 0 Å². The summed E-state index contributed by atoms with van der Waals surface area (Å²) in [6.07, 6.45) is 54.6. The Kier molecular flexibility index (Phi) is 42.8. The van der Waals surface area contributed by atoms with E-state index in [9.17, 15) is 15.0 Å². The fraction of sp³-hybridized carbons (Fsp3) is 0.936. The van der Waals surface area contributed by atoms with Gasteiger partial charge in [0.1, 0.15) is 0 Å². The summed E-state index contributed by atoms with van der Waals surface area (Å²) < 4.78 is 0. The molecule has 0 aliphatic heterocycles. The van der Waals surface area contributed by atoms with Crippen LogP contribution in [-0.4, -0.2) is 34.9 Å². The lowest BCUT2D eigenvalue weighted by Gasteiger charge is -2.22. The first-order valence-corrected chi connectivity index (χ1v) is 23.4. The quantitative estimate of drug-likeness (QED) is 0.0434. The number of rotatable bonds is 43. The Bertz CT molecular complexity index is 695. The molecule has 304 valence electrons. The fourth-order valence-electron chi connectivity index (χ4n) is 7.40. The highest BCUT2D eigenvalue weighted by Crippen LogP contribution is 2.17. The van der Waals surface area contributed by atoms with Gasteiger partial charge in [-0.3, -0.25) is 4.79 Å². The van der Waals surface area contributed by atoms with Crippen LogP contribution in [0.3, 0.4) is 0 Å². The molecule has 2 atom stereocenters. The predicted octanol–water partition coefficient (Wildman–Crippen LogP) is 14.6. The number of allylic oxidation sites excluding steroid dienone is 2. The lowest BCUT2D eigenvalue weighted by atomic mass is 10.0. The summed E-state index contributed by atoms with van der Waals surface area (Å²) in [5, 5.41) is 23.1. The summed E-state index contributed by atoms with van der Waals surface area (Å²) in [5.41, 5.74) is 0. The van der Waals surface area contributed by atoms with Gasteiger partial charge in [0, 0.05) is 6.42 Å². The van der Waals surface area contributed by atoms with Gasteiger partial charge >= 0.3 is 0 Å². The normalized spacial score (nSPS) is 12.9. The largest absolute Gasteiger partial charge is 0.394 e. The number of unbranched alkanes of at least 4 members (excludes halogenated alkanes) is 34. The van der Waals surface area contributed by atoms with Crippen LogP contribution in [-0.2, 0) is 4.79 Å². The molecule has 51 heavy (non-hydrogen) atoms. The van der Waals surface area contributed by atoms with Crippen LogP contribution >= 0.6 is 0 Å². The number of hydrogen-bond acceptors (Lipinski definition) is 3. The van der Waals surface area contributed by atoms with Crippen LogP contribution in [0.4, 0.5) is 0 Å². The van der Waals surface area contributed by atoms with Crippen LogP contribution in [0.25, 0.3) is 0 Å². The summed E-state index contributed by atoms with van der Waals surface area (Å²) in [6, 6.07) is -0.536. The molecular weight excluding hydrogens is 627 g/mol. The standard InChI is InChI=1S/C47H93NO3/c1-3-5-7-9-11-13-15-16-17-18-19-20-21-22-23-24-25-26-27-28-29-30-31-33-34-36-38-40-42-46(50)45(44-49)48-47(51)43-41-39-37-35-32-14-12-10-8-6-4-2/h10,12,45-46,49-50H,3-9,11,13-44H2,1-2H3,(H,48,51)/b12-10-. The zero-order valence-electron chi connectivity index (χ0n) is 34.9. The maximum Gasteiger partial charge on any atom is 0.220 e. The van der Waals surface area contributed by atoms with Crippen molar-refractivity contribution in [3.05, 3.63) is 12.2 Å². The van der Waals surface area contributed by atoms with Crippen molar-refractivity contribution in [3.63, 3.8) is 0 Å². The molecule has 1 amide bonds. The van der Waals surface area contributed by atoms with E-state index in [0.29, 0.717) is 12.8 Å². The maximum atomic E-state index is 12.3. The molecule has 0 rings (SSSR count). The molecule has 0 radical (unpaired) electrons. The molecule has 0 spiro atoms. The molecule has 3 N–H and O–H groups in total. The second-order valence-corrected chi connectivity index (χ2v) is 16.2. The molecule has 2 unspecified atom stereocenters. The Morgan fingerprint density at radius 2 is 0.765 bits per heavy atom. The van der Waals surface area contributed by atoms with E-state index < -0.39 is 12.1 Å². The second-order valence-electron chi connectivity index (χ2n) is 16.2. The van der Waals surface area contributed by atoms with Gasteiger partial charge in [0.05, 0.1) is 18.8 Å². The number of nitrogens with one attached hydrogen (secondary N) is 1. The van der Waals surface area contributed by atoms with Crippen LogP contribution in [0.2, 0.25) is 0 Å². The van der Waals surface area contributed by atoms with Gasteiger partial charge in [0.2, 0.25) is 5.91 Å². The molecule has 0 heterocycles. The number of carbonyl (C=O) groups excluding carboxylic acids is 1. The SMILES string of the molecule is CCCC/C=C\CCCCCCCC(=O)NC(CO)C(O)CCCCCCCCCCCCCCCCCCCCCCCCCCCCCC. The van der Waals surface area contributed by atoms with Gasteiger partial charge in [-0.25, -0.2) is 0 Å². The smallest absolute Gasteiger partial charge is 0.220 e. The molecule has 0 aliphatic carbocycles. The third-order valence-corrected chi connectivity index (χ3v) is 11.0. The molecule has 0 bridgehead atoms. The van der Waals surface area contributed by atoms with Crippen LogP contribution in [0, 0.1) is 0 Å². The van der Waals surface area contributed by atoms with Crippen LogP contribution in [0.5, 0.6) is 0 Å². The van der Waals surface area contributed by atoms with Gasteiger partial charge in [0.15, 0.2) is 0 Å². The molecular formula is C47H93NO3. The van der Waals surface area contributed by atoms with E-state index in [1.807, 2.05) is 0 Å². The molecule has 4 heteroatoms. The predicted molar refractivity (Wildman–Crippen MR) is 226 cm³/mol. The first-order valence-electron chi connectivity index (χ1n) is 23.4. The van der Waals surface area contributed by atoms with Gasteiger partial charge in [-0.1, -0.05) is 238 Å². The average molecular weight is 720 g/mol. The summed E-state index contributed by atoms with van der Waals surface area (Å²) in [7, 11) is 0. The van der Waals surface area contributed by atoms with E-state index in [2.05, 4.69) is 31.3 Å². The van der Waals surface area contributed by atoms with E-state index in [4.69, 9.17) is 0 Å². The molecule has 0 aromatic heterocycles. The minimum absolute atomic E-state index is 0.0395. The number of amides is 1. The van der Waals surface area contributed by atoms with Gasteiger partial charge in [-0.05, 0) is 32.1 Å². The summed E-state index contributed by atoms with van der Waals surface area (Å²) in [4.78, 5) is 12.3. The third kappa shape index (κ3) is 40.2. The molecule has 0 saturated heterocycles. The minimum atomic E-state index is -0.659. The molecule has 0 aromatic rings. The van der Waals surface area contributed by atoms with E-state index >= 15 is 0 Å². The fourth-order valence-corrected chi connectivity index (χ4v) is 7.40. The highest BCUT2D eigenvalue weighted by molar-refractivity contribution is 5.76. The number of hydrogen-bond donors (Lipinski definition) is 3.